The zero-order chi connectivity index (χ0) is 14.5. The van der Waals surface area contributed by atoms with Crippen LogP contribution in [-0.2, 0) is 6.42 Å². The summed E-state index contributed by atoms with van der Waals surface area (Å²) in [6.45, 7) is 0.401. The van der Waals surface area contributed by atoms with Gasteiger partial charge in [-0.25, -0.2) is 8.78 Å². The van der Waals surface area contributed by atoms with E-state index in [1.807, 2.05) is 0 Å². The Morgan fingerprint density at radius 2 is 1.80 bits per heavy atom. The summed E-state index contributed by atoms with van der Waals surface area (Å²) < 4.78 is 26.3. The molecule has 0 aliphatic carbocycles. The number of nitro groups is 1. The third-order valence-electron chi connectivity index (χ3n) is 2.80. The molecular formula is C14H12F2N2O2. The number of anilines is 1. The molecule has 0 fully saturated rings. The first-order valence-electron chi connectivity index (χ1n) is 5.98. The van der Waals surface area contributed by atoms with Gasteiger partial charge in [0, 0.05) is 18.7 Å². The molecule has 104 valence electrons. The molecule has 0 bridgehead atoms. The highest BCUT2D eigenvalue weighted by Gasteiger charge is 2.05. The first-order valence-corrected chi connectivity index (χ1v) is 5.98. The Bertz CT molecular complexity index is 615. The van der Waals surface area contributed by atoms with Crippen molar-refractivity contribution in [3.05, 3.63) is 69.8 Å². The number of nitro benzene ring substituents is 1. The number of nitrogens with one attached hydrogen (secondary N) is 1. The van der Waals surface area contributed by atoms with Gasteiger partial charge >= 0.3 is 0 Å². The van der Waals surface area contributed by atoms with Gasteiger partial charge < -0.3 is 5.32 Å². The van der Waals surface area contributed by atoms with E-state index in [4.69, 9.17) is 0 Å². The van der Waals surface area contributed by atoms with Crippen LogP contribution in [0.4, 0.5) is 20.2 Å². The maximum absolute atomic E-state index is 13.3. The molecule has 0 unspecified atom stereocenters. The van der Waals surface area contributed by atoms with E-state index in [9.17, 15) is 18.9 Å². The Labute approximate surface area is 114 Å². The van der Waals surface area contributed by atoms with Gasteiger partial charge in [0.1, 0.15) is 11.6 Å². The van der Waals surface area contributed by atoms with Gasteiger partial charge in [-0.2, -0.15) is 0 Å². The van der Waals surface area contributed by atoms with Crippen LogP contribution in [-0.4, -0.2) is 11.5 Å². The van der Waals surface area contributed by atoms with E-state index in [0.717, 1.165) is 23.8 Å². The third-order valence-corrected chi connectivity index (χ3v) is 2.80. The molecule has 0 atom stereocenters. The Morgan fingerprint density at radius 1 is 1.10 bits per heavy atom. The Kier molecular flexibility index (Phi) is 4.24. The van der Waals surface area contributed by atoms with Crippen molar-refractivity contribution in [2.24, 2.45) is 0 Å². The van der Waals surface area contributed by atoms with Crippen LogP contribution in [0.15, 0.2) is 42.5 Å². The predicted octanol–water partition coefficient (Wildman–Crippen LogP) is 3.53. The largest absolute Gasteiger partial charge is 0.382 e. The van der Waals surface area contributed by atoms with Crippen LogP contribution in [0, 0.1) is 21.7 Å². The van der Waals surface area contributed by atoms with Gasteiger partial charge in [-0.1, -0.05) is 12.1 Å². The molecule has 0 saturated carbocycles. The van der Waals surface area contributed by atoms with Crippen molar-refractivity contribution in [3.63, 3.8) is 0 Å². The number of hydrogen-bond donors (Lipinski definition) is 1. The summed E-state index contributed by atoms with van der Waals surface area (Å²) in [6, 6.07) is 9.31. The van der Waals surface area contributed by atoms with E-state index in [1.54, 1.807) is 12.1 Å². The number of nitrogens with zero attached hydrogens (tertiary/aromatic N) is 1. The number of hydrogen-bond acceptors (Lipinski definition) is 3. The molecule has 0 spiro atoms. The Morgan fingerprint density at radius 3 is 2.45 bits per heavy atom. The summed E-state index contributed by atoms with van der Waals surface area (Å²) in [5, 5.41) is 13.3. The standard InChI is InChI=1S/C14H12F2N2O2/c15-11-3-6-13(16)14(9-11)17-8-7-10-1-4-12(5-2-10)18(19)20/h1-6,9,17H,7-8H2. The molecule has 0 heterocycles. The molecule has 2 aromatic rings. The molecule has 6 heteroatoms. The number of non-ortho nitro benzene ring substituents is 1. The minimum atomic E-state index is -0.518. The highest BCUT2D eigenvalue weighted by Crippen LogP contribution is 2.16. The first kappa shape index (κ1) is 13.9. The van der Waals surface area contributed by atoms with Gasteiger partial charge in [-0.15, -0.1) is 0 Å². The summed E-state index contributed by atoms with van der Waals surface area (Å²) in [7, 11) is 0. The Balaban J connectivity index is 1.92. The number of rotatable bonds is 5. The van der Waals surface area contributed by atoms with Crippen LogP contribution in [0.1, 0.15) is 5.56 Å². The molecule has 0 amide bonds. The topological polar surface area (TPSA) is 55.2 Å². The highest BCUT2D eigenvalue weighted by molar-refractivity contribution is 5.45. The molecule has 0 radical (unpaired) electrons. The lowest BCUT2D eigenvalue weighted by Crippen LogP contribution is -2.06. The minimum absolute atomic E-state index is 0.0258. The minimum Gasteiger partial charge on any atom is -0.382 e. The predicted molar refractivity (Wildman–Crippen MR) is 71.6 cm³/mol. The molecule has 0 saturated heterocycles. The third kappa shape index (κ3) is 3.50. The van der Waals surface area contributed by atoms with Crippen molar-refractivity contribution in [1.82, 2.24) is 0 Å². The molecule has 0 aliphatic heterocycles. The maximum Gasteiger partial charge on any atom is 0.269 e. The van der Waals surface area contributed by atoms with Gasteiger partial charge in [-0.05, 0) is 30.2 Å². The molecule has 20 heavy (non-hydrogen) atoms. The van der Waals surface area contributed by atoms with Crippen LogP contribution in [0.3, 0.4) is 0 Å². The summed E-state index contributed by atoms with van der Waals surface area (Å²) in [5.41, 5.74) is 1.00. The van der Waals surface area contributed by atoms with E-state index >= 15 is 0 Å². The normalized spacial score (nSPS) is 10.3. The van der Waals surface area contributed by atoms with Crippen molar-refractivity contribution < 1.29 is 13.7 Å². The number of benzene rings is 2. The van der Waals surface area contributed by atoms with Crippen molar-refractivity contribution in [2.75, 3.05) is 11.9 Å². The fraction of sp³-hybridized carbons (Fsp3) is 0.143. The van der Waals surface area contributed by atoms with Crippen molar-refractivity contribution in [3.8, 4) is 0 Å². The fourth-order valence-electron chi connectivity index (χ4n) is 1.76. The van der Waals surface area contributed by atoms with E-state index in [-0.39, 0.29) is 11.4 Å². The van der Waals surface area contributed by atoms with E-state index in [0.29, 0.717) is 13.0 Å². The SMILES string of the molecule is O=[N+]([O-])c1ccc(CCNc2cc(F)ccc2F)cc1. The second-order valence-electron chi connectivity index (χ2n) is 4.22. The lowest BCUT2D eigenvalue weighted by atomic mass is 10.1. The van der Waals surface area contributed by atoms with E-state index < -0.39 is 16.6 Å². The zero-order valence-electron chi connectivity index (χ0n) is 10.5. The average molecular weight is 278 g/mol. The lowest BCUT2D eigenvalue weighted by Gasteiger charge is -2.07. The van der Waals surface area contributed by atoms with Crippen LogP contribution < -0.4 is 5.32 Å². The maximum atomic E-state index is 13.3. The van der Waals surface area contributed by atoms with Gasteiger partial charge in [0.25, 0.3) is 5.69 Å². The van der Waals surface area contributed by atoms with Crippen molar-refractivity contribution in [1.29, 1.82) is 0 Å². The van der Waals surface area contributed by atoms with Gasteiger partial charge in [-0.3, -0.25) is 10.1 Å². The summed E-state index contributed by atoms with van der Waals surface area (Å²) in [5.74, 6) is -1.03. The van der Waals surface area contributed by atoms with Gasteiger partial charge in [0.2, 0.25) is 0 Å². The molecule has 0 aromatic heterocycles. The van der Waals surface area contributed by atoms with Crippen LogP contribution in [0.25, 0.3) is 0 Å². The first-order chi connectivity index (χ1) is 9.56. The van der Waals surface area contributed by atoms with Gasteiger partial charge in [0.15, 0.2) is 0 Å². The molecule has 1 N–H and O–H groups in total. The fourth-order valence-corrected chi connectivity index (χ4v) is 1.76. The highest BCUT2D eigenvalue weighted by atomic mass is 19.1. The summed E-state index contributed by atoms with van der Waals surface area (Å²) >= 11 is 0. The van der Waals surface area contributed by atoms with E-state index in [1.165, 1.54) is 12.1 Å². The van der Waals surface area contributed by atoms with Gasteiger partial charge in [0.05, 0.1) is 10.6 Å². The monoisotopic (exact) mass is 278 g/mol. The van der Waals surface area contributed by atoms with Crippen LogP contribution in [0.2, 0.25) is 0 Å². The molecule has 0 aliphatic rings. The van der Waals surface area contributed by atoms with E-state index in [2.05, 4.69) is 5.32 Å². The van der Waals surface area contributed by atoms with Crippen LogP contribution >= 0.6 is 0 Å². The summed E-state index contributed by atoms with van der Waals surface area (Å²) in [4.78, 5) is 10.0. The molecule has 2 rings (SSSR count). The van der Waals surface area contributed by atoms with Crippen molar-refractivity contribution >= 4 is 11.4 Å². The quantitative estimate of drug-likeness (QED) is 0.672. The van der Waals surface area contributed by atoms with Crippen LogP contribution in [0.5, 0.6) is 0 Å². The Hall–Kier alpha value is -2.50. The zero-order valence-corrected chi connectivity index (χ0v) is 10.5. The second kappa shape index (κ2) is 6.10. The molecule has 2 aromatic carbocycles. The number of halogens is 2. The molecule has 4 nitrogen and oxygen atoms in total. The molecular weight excluding hydrogens is 266 g/mol. The second-order valence-corrected chi connectivity index (χ2v) is 4.22. The smallest absolute Gasteiger partial charge is 0.269 e. The lowest BCUT2D eigenvalue weighted by molar-refractivity contribution is -0.384. The summed E-state index contributed by atoms with van der Waals surface area (Å²) in [6.07, 6.45) is 0.550. The average Bonchev–Trinajstić information content (AvgIpc) is 2.43. The van der Waals surface area contributed by atoms with Crippen molar-refractivity contribution in [2.45, 2.75) is 6.42 Å².